The van der Waals surface area contributed by atoms with E-state index in [1.807, 2.05) is 13.8 Å². The number of alkyl halides is 2. The van der Waals surface area contributed by atoms with Crippen molar-refractivity contribution in [3.63, 3.8) is 0 Å². The van der Waals surface area contributed by atoms with Gasteiger partial charge < -0.3 is 19.5 Å². The maximum absolute atomic E-state index is 13.1. The van der Waals surface area contributed by atoms with Gasteiger partial charge in [0.05, 0.1) is 24.3 Å². The molecule has 186 valence electrons. The summed E-state index contributed by atoms with van der Waals surface area (Å²) in [4.78, 5) is 37.6. The molecule has 0 radical (unpaired) electrons. The third-order valence-electron chi connectivity index (χ3n) is 4.60. The van der Waals surface area contributed by atoms with Crippen LogP contribution in [0, 0.1) is 0 Å². The van der Waals surface area contributed by atoms with E-state index in [-0.39, 0.29) is 45.8 Å². The number of benzene rings is 1. The SMILES string of the molecule is CCCC(C)NC(=O)Cn1c(=O)/c(=C\c2ccc(OC(F)F)c(OC)c2)s/c1=C\C(=O)OCC. The number of hydrogen-bond acceptors (Lipinski definition) is 7. The van der Waals surface area contributed by atoms with E-state index in [1.165, 1.54) is 36.0 Å². The molecule has 0 aliphatic rings. The lowest BCUT2D eigenvalue weighted by atomic mass is 10.2. The fourth-order valence-corrected chi connectivity index (χ4v) is 4.20. The Bertz CT molecular complexity index is 1180. The minimum Gasteiger partial charge on any atom is -0.493 e. The number of hydrogen-bond donors (Lipinski definition) is 1. The van der Waals surface area contributed by atoms with E-state index in [0.717, 1.165) is 30.3 Å². The predicted octanol–water partition coefficient (Wildman–Crippen LogP) is 2.00. The Balaban J connectivity index is 2.51. The first-order valence-corrected chi connectivity index (χ1v) is 11.5. The first-order valence-electron chi connectivity index (χ1n) is 10.7. The normalized spacial score (nSPS) is 13.1. The molecule has 0 spiro atoms. The van der Waals surface area contributed by atoms with Crippen LogP contribution in [-0.4, -0.2) is 42.8 Å². The Hall–Kier alpha value is -3.21. The van der Waals surface area contributed by atoms with Crippen molar-refractivity contribution in [1.29, 1.82) is 0 Å². The number of halogens is 2. The average Bonchev–Trinajstić information content (AvgIpc) is 3.03. The molecule has 2 rings (SSSR count). The quantitative estimate of drug-likeness (QED) is 0.476. The number of carbonyl (C=O) groups excluding carboxylic acids is 2. The van der Waals surface area contributed by atoms with E-state index >= 15 is 0 Å². The van der Waals surface area contributed by atoms with Crippen molar-refractivity contribution in [1.82, 2.24) is 9.88 Å². The number of esters is 1. The number of thiazole rings is 1. The summed E-state index contributed by atoms with van der Waals surface area (Å²) in [6.07, 6.45) is 4.36. The molecule has 0 aliphatic heterocycles. The largest absolute Gasteiger partial charge is 0.493 e. The number of amides is 1. The van der Waals surface area contributed by atoms with Gasteiger partial charge in [-0.25, -0.2) is 4.79 Å². The average molecular weight is 499 g/mol. The van der Waals surface area contributed by atoms with Crippen LogP contribution in [-0.2, 0) is 20.9 Å². The molecule has 34 heavy (non-hydrogen) atoms. The van der Waals surface area contributed by atoms with E-state index in [4.69, 9.17) is 9.47 Å². The minimum atomic E-state index is -3.01. The summed E-state index contributed by atoms with van der Waals surface area (Å²) in [7, 11) is 1.31. The van der Waals surface area contributed by atoms with E-state index in [9.17, 15) is 23.2 Å². The highest BCUT2D eigenvalue weighted by Gasteiger charge is 2.14. The van der Waals surface area contributed by atoms with Crippen LogP contribution >= 0.6 is 11.3 Å². The second-order valence-electron chi connectivity index (χ2n) is 7.28. The first kappa shape index (κ1) is 27.0. The molecule has 1 aromatic heterocycles. The molecule has 0 bridgehead atoms. The van der Waals surface area contributed by atoms with Crippen LogP contribution in [0.4, 0.5) is 8.78 Å². The molecule has 0 fully saturated rings. The van der Waals surface area contributed by atoms with Gasteiger partial charge in [-0.1, -0.05) is 19.4 Å². The molecule has 2 aromatic rings. The van der Waals surface area contributed by atoms with Crippen molar-refractivity contribution in [2.75, 3.05) is 13.7 Å². The zero-order valence-electron chi connectivity index (χ0n) is 19.4. The zero-order chi connectivity index (χ0) is 25.3. The summed E-state index contributed by atoms with van der Waals surface area (Å²) in [5, 5.41) is 2.83. The van der Waals surface area contributed by atoms with Crippen LogP contribution in [0.2, 0.25) is 0 Å². The minimum absolute atomic E-state index is 0.0585. The molecule has 11 heteroatoms. The third kappa shape index (κ3) is 7.68. The van der Waals surface area contributed by atoms with Crippen molar-refractivity contribution in [2.24, 2.45) is 0 Å². The fraction of sp³-hybridized carbons (Fsp3) is 0.435. The Labute approximate surface area is 199 Å². The molecule has 0 saturated heterocycles. The number of aromatic nitrogens is 1. The van der Waals surface area contributed by atoms with Crippen LogP contribution in [0.15, 0.2) is 23.0 Å². The Kier molecular flexibility index (Phi) is 10.2. The lowest BCUT2D eigenvalue weighted by molar-refractivity contribution is -0.135. The number of nitrogens with zero attached hydrogens (tertiary/aromatic N) is 1. The van der Waals surface area contributed by atoms with Gasteiger partial charge in [0.25, 0.3) is 5.56 Å². The number of ether oxygens (including phenoxy) is 3. The highest BCUT2D eigenvalue weighted by molar-refractivity contribution is 7.07. The molecule has 1 aromatic carbocycles. The summed E-state index contributed by atoms with van der Waals surface area (Å²) < 4.78 is 41.3. The summed E-state index contributed by atoms with van der Waals surface area (Å²) in [5.41, 5.74) is -0.00149. The van der Waals surface area contributed by atoms with Crippen LogP contribution in [0.5, 0.6) is 11.5 Å². The number of methoxy groups -OCH3 is 1. The maximum Gasteiger partial charge on any atom is 0.387 e. The van der Waals surface area contributed by atoms with Crippen molar-refractivity contribution in [2.45, 2.75) is 52.8 Å². The van der Waals surface area contributed by atoms with Gasteiger partial charge in [-0.05, 0) is 44.0 Å². The Morgan fingerprint density at radius 2 is 1.97 bits per heavy atom. The monoisotopic (exact) mass is 498 g/mol. The molecule has 1 amide bonds. The highest BCUT2D eigenvalue weighted by atomic mass is 32.1. The van der Waals surface area contributed by atoms with Crippen LogP contribution in [0.25, 0.3) is 12.2 Å². The van der Waals surface area contributed by atoms with Crippen molar-refractivity contribution < 1.29 is 32.6 Å². The number of rotatable bonds is 11. The van der Waals surface area contributed by atoms with E-state index in [0.29, 0.717) is 5.56 Å². The molecule has 1 unspecified atom stereocenters. The van der Waals surface area contributed by atoms with Gasteiger partial charge in [-0.15, -0.1) is 11.3 Å². The van der Waals surface area contributed by atoms with Gasteiger partial charge in [-0.2, -0.15) is 8.78 Å². The molecule has 1 atom stereocenters. The van der Waals surface area contributed by atoms with Gasteiger partial charge in [0, 0.05) is 6.04 Å². The van der Waals surface area contributed by atoms with E-state index in [2.05, 4.69) is 10.1 Å². The van der Waals surface area contributed by atoms with Crippen LogP contribution in [0.3, 0.4) is 0 Å². The van der Waals surface area contributed by atoms with Gasteiger partial charge in [0.2, 0.25) is 5.91 Å². The lowest BCUT2D eigenvalue weighted by Gasteiger charge is -2.12. The van der Waals surface area contributed by atoms with E-state index in [1.54, 1.807) is 6.92 Å². The van der Waals surface area contributed by atoms with Gasteiger partial charge in [-0.3, -0.25) is 14.2 Å². The summed E-state index contributed by atoms with van der Waals surface area (Å²) in [5.74, 6) is -1.08. The van der Waals surface area contributed by atoms with Crippen molar-refractivity contribution >= 4 is 35.4 Å². The molecule has 8 nitrogen and oxygen atoms in total. The molecule has 0 saturated carbocycles. The van der Waals surface area contributed by atoms with Crippen molar-refractivity contribution in [3.05, 3.63) is 43.3 Å². The highest BCUT2D eigenvalue weighted by Crippen LogP contribution is 2.29. The lowest BCUT2D eigenvalue weighted by Crippen LogP contribution is -2.41. The topological polar surface area (TPSA) is 95.9 Å². The summed E-state index contributed by atoms with van der Waals surface area (Å²) in [6.45, 7) is 2.40. The number of nitrogens with one attached hydrogen (secondary N) is 1. The second-order valence-corrected chi connectivity index (χ2v) is 8.34. The summed E-state index contributed by atoms with van der Waals surface area (Å²) >= 11 is 1.00. The Morgan fingerprint density at radius 1 is 1.24 bits per heavy atom. The van der Waals surface area contributed by atoms with Gasteiger partial charge in [0.1, 0.15) is 11.2 Å². The van der Waals surface area contributed by atoms with E-state index < -0.39 is 18.1 Å². The molecule has 1 N–H and O–H groups in total. The Morgan fingerprint density at radius 3 is 2.59 bits per heavy atom. The smallest absolute Gasteiger partial charge is 0.387 e. The maximum atomic E-state index is 13.1. The standard InChI is InChI=1S/C23H28F2N2O6S/c1-5-7-14(3)26-19(28)13-27-20(12-21(29)32-6-2)34-18(22(27)30)11-15-8-9-16(33-23(24)25)17(10-15)31-4/h8-12,14,23H,5-7,13H2,1-4H3,(H,26,28)/b18-11+,20-12-. The van der Waals surface area contributed by atoms with Gasteiger partial charge >= 0.3 is 12.6 Å². The van der Waals surface area contributed by atoms with Crippen LogP contribution < -0.4 is 29.5 Å². The van der Waals surface area contributed by atoms with Crippen LogP contribution in [0.1, 0.15) is 39.2 Å². The zero-order valence-corrected chi connectivity index (χ0v) is 20.2. The molecule has 0 aliphatic carbocycles. The summed E-state index contributed by atoms with van der Waals surface area (Å²) in [6, 6.07) is 4.17. The molecule has 1 heterocycles. The predicted molar refractivity (Wildman–Crippen MR) is 125 cm³/mol. The van der Waals surface area contributed by atoms with Crippen molar-refractivity contribution in [3.8, 4) is 11.5 Å². The second kappa shape index (κ2) is 12.9. The van der Waals surface area contributed by atoms with Gasteiger partial charge in [0.15, 0.2) is 11.5 Å². The first-order chi connectivity index (χ1) is 16.2. The molecular weight excluding hydrogens is 470 g/mol. The third-order valence-corrected chi connectivity index (χ3v) is 5.66. The number of carbonyl (C=O) groups is 2. The fourth-order valence-electron chi connectivity index (χ4n) is 3.17. The molecular formula is C23H28F2N2O6S.